The van der Waals surface area contributed by atoms with E-state index in [0.717, 1.165) is 12.0 Å². The van der Waals surface area contributed by atoms with Crippen LogP contribution in [0.5, 0.6) is 0 Å². The van der Waals surface area contributed by atoms with Crippen LogP contribution in [0.2, 0.25) is 0 Å². The molecule has 0 aromatic heterocycles. The maximum absolute atomic E-state index is 11.0. The normalized spacial score (nSPS) is 9.40. The molecule has 0 bridgehead atoms. The minimum atomic E-state index is -0.446. The first-order chi connectivity index (χ1) is 7.18. The highest BCUT2D eigenvalue weighted by atomic mass is 16.2. The first kappa shape index (κ1) is 11.2. The third-order valence-corrected chi connectivity index (χ3v) is 1.83. The molecule has 0 fully saturated rings. The maximum Gasteiger partial charge on any atom is 0.321 e. The fraction of sp³-hybridized carbons (Fsp3) is 0.273. The Hall–Kier alpha value is -1.84. The van der Waals surface area contributed by atoms with Gasteiger partial charge in [0, 0.05) is 13.5 Å². The molecule has 0 heterocycles. The summed E-state index contributed by atoms with van der Waals surface area (Å²) >= 11 is 0. The zero-order valence-electron chi connectivity index (χ0n) is 8.62. The van der Waals surface area contributed by atoms with E-state index in [0.29, 0.717) is 6.54 Å². The largest absolute Gasteiger partial charge is 0.337 e. The van der Waals surface area contributed by atoms with Gasteiger partial charge in [-0.05, 0) is 12.0 Å². The third kappa shape index (κ3) is 4.81. The van der Waals surface area contributed by atoms with E-state index >= 15 is 0 Å². The van der Waals surface area contributed by atoms with Gasteiger partial charge in [0.1, 0.15) is 0 Å². The van der Waals surface area contributed by atoms with Gasteiger partial charge in [0.15, 0.2) is 0 Å². The molecule has 0 unspecified atom stereocenters. The highest BCUT2D eigenvalue weighted by molar-refractivity contribution is 5.92. The molecule has 3 amide bonds. The number of carbonyl (C=O) groups is 2. The lowest BCUT2D eigenvalue weighted by Crippen LogP contribution is -2.39. The summed E-state index contributed by atoms with van der Waals surface area (Å²) in [7, 11) is 0. The second-order valence-corrected chi connectivity index (χ2v) is 3.17. The number of benzene rings is 1. The highest BCUT2D eigenvalue weighted by Crippen LogP contribution is 1.97. The predicted molar refractivity (Wildman–Crippen MR) is 57.4 cm³/mol. The molecular weight excluding hydrogens is 192 g/mol. The number of carbonyl (C=O) groups excluding carboxylic acids is 2. The van der Waals surface area contributed by atoms with Crippen LogP contribution in [-0.2, 0) is 11.2 Å². The summed E-state index contributed by atoms with van der Waals surface area (Å²) in [6.07, 6.45) is 0.756. The van der Waals surface area contributed by atoms with Crippen LogP contribution in [-0.4, -0.2) is 18.5 Å². The van der Waals surface area contributed by atoms with Crippen LogP contribution >= 0.6 is 0 Å². The number of imide groups is 1. The van der Waals surface area contributed by atoms with Crippen molar-refractivity contribution in [2.75, 3.05) is 6.54 Å². The Morgan fingerprint density at radius 2 is 1.87 bits per heavy atom. The van der Waals surface area contributed by atoms with Crippen molar-refractivity contribution in [2.24, 2.45) is 0 Å². The average Bonchev–Trinajstić information content (AvgIpc) is 2.18. The number of amides is 3. The molecule has 80 valence electrons. The smallest absolute Gasteiger partial charge is 0.321 e. The summed E-state index contributed by atoms with van der Waals surface area (Å²) in [5, 5.41) is 4.73. The molecule has 4 heteroatoms. The molecule has 1 aromatic rings. The molecular formula is C11H14N2O2. The van der Waals surface area contributed by atoms with Crippen molar-refractivity contribution in [1.82, 2.24) is 10.6 Å². The number of urea groups is 1. The Bertz CT molecular complexity index is 336. The van der Waals surface area contributed by atoms with Crippen LogP contribution in [0, 0.1) is 0 Å². The van der Waals surface area contributed by atoms with E-state index in [1.807, 2.05) is 30.3 Å². The molecule has 0 saturated carbocycles. The lowest BCUT2D eigenvalue weighted by Gasteiger charge is -2.04. The fourth-order valence-corrected chi connectivity index (χ4v) is 1.17. The Morgan fingerprint density at radius 1 is 1.20 bits per heavy atom. The average molecular weight is 206 g/mol. The van der Waals surface area contributed by atoms with Crippen molar-refractivity contribution in [3.63, 3.8) is 0 Å². The maximum atomic E-state index is 11.0. The summed E-state index contributed by atoms with van der Waals surface area (Å²) < 4.78 is 0. The first-order valence-corrected chi connectivity index (χ1v) is 4.78. The predicted octanol–water partition coefficient (Wildman–Crippen LogP) is 1.07. The number of hydrogen-bond donors (Lipinski definition) is 2. The van der Waals surface area contributed by atoms with Gasteiger partial charge in [-0.25, -0.2) is 4.79 Å². The van der Waals surface area contributed by atoms with E-state index in [4.69, 9.17) is 0 Å². The van der Waals surface area contributed by atoms with Crippen molar-refractivity contribution in [1.29, 1.82) is 0 Å². The zero-order chi connectivity index (χ0) is 11.1. The van der Waals surface area contributed by atoms with Crippen molar-refractivity contribution in [3.05, 3.63) is 35.9 Å². The van der Waals surface area contributed by atoms with Crippen LogP contribution in [0.3, 0.4) is 0 Å². The van der Waals surface area contributed by atoms with E-state index in [1.165, 1.54) is 6.92 Å². The first-order valence-electron chi connectivity index (χ1n) is 4.78. The van der Waals surface area contributed by atoms with Crippen LogP contribution in [0.25, 0.3) is 0 Å². The zero-order valence-corrected chi connectivity index (χ0v) is 8.62. The second kappa shape index (κ2) is 5.80. The lowest BCUT2D eigenvalue weighted by molar-refractivity contribution is -0.117. The molecule has 0 aliphatic rings. The summed E-state index contributed by atoms with van der Waals surface area (Å²) in [5.74, 6) is -0.354. The Morgan fingerprint density at radius 3 is 2.47 bits per heavy atom. The molecule has 2 N–H and O–H groups in total. The van der Waals surface area contributed by atoms with Gasteiger partial charge < -0.3 is 5.32 Å². The highest BCUT2D eigenvalue weighted by Gasteiger charge is 2.00. The van der Waals surface area contributed by atoms with E-state index in [1.54, 1.807) is 0 Å². The quantitative estimate of drug-likeness (QED) is 0.777. The monoisotopic (exact) mass is 206 g/mol. The summed E-state index contributed by atoms with van der Waals surface area (Å²) in [6.45, 7) is 1.82. The number of rotatable bonds is 3. The van der Waals surface area contributed by atoms with Gasteiger partial charge in [-0.15, -0.1) is 0 Å². The van der Waals surface area contributed by atoms with E-state index in [-0.39, 0.29) is 5.91 Å². The second-order valence-electron chi connectivity index (χ2n) is 3.17. The van der Waals surface area contributed by atoms with Crippen molar-refractivity contribution in [3.8, 4) is 0 Å². The topological polar surface area (TPSA) is 58.2 Å². The lowest BCUT2D eigenvalue weighted by atomic mass is 10.1. The fourth-order valence-electron chi connectivity index (χ4n) is 1.17. The molecule has 0 spiro atoms. The Kier molecular flexibility index (Phi) is 4.34. The summed E-state index contributed by atoms with van der Waals surface area (Å²) in [4.78, 5) is 21.5. The van der Waals surface area contributed by atoms with Gasteiger partial charge in [-0.2, -0.15) is 0 Å². The van der Waals surface area contributed by atoms with Crippen LogP contribution < -0.4 is 10.6 Å². The van der Waals surface area contributed by atoms with Gasteiger partial charge in [-0.3, -0.25) is 10.1 Å². The molecule has 1 aromatic carbocycles. The number of nitrogens with one attached hydrogen (secondary N) is 2. The van der Waals surface area contributed by atoms with E-state index in [2.05, 4.69) is 10.6 Å². The van der Waals surface area contributed by atoms with Gasteiger partial charge in [0.05, 0.1) is 0 Å². The molecule has 15 heavy (non-hydrogen) atoms. The summed E-state index contributed by atoms with van der Waals surface area (Å²) in [5.41, 5.74) is 1.15. The van der Waals surface area contributed by atoms with Gasteiger partial charge in [0.2, 0.25) is 5.91 Å². The minimum absolute atomic E-state index is 0.354. The van der Waals surface area contributed by atoms with Crippen molar-refractivity contribution >= 4 is 11.9 Å². The molecule has 0 saturated heterocycles. The molecule has 4 nitrogen and oxygen atoms in total. The molecule has 1 rings (SSSR count). The SMILES string of the molecule is CC(=O)NC(=O)NCCc1ccccc1. The van der Waals surface area contributed by atoms with Crippen LogP contribution in [0.1, 0.15) is 12.5 Å². The molecule has 0 aliphatic carbocycles. The van der Waals surface area contributed by atoms with Gasteiger partial charge in [-0.1, -0.05) is 30.3 Å². The molecule has 0 radical (unpaired) electrons. The van der Waals surface area contributed by atoms with Crippen molar-refractivity contribution < 1.29 is 9.59 Å². The van der Waals surface area contributed by atoms with Gasteiger partial charge >= 0.3 is 6.03 Å². The van der Waals surface area contributed by atoms with Crippen LogP contribution in [0.15, 0.2) is 30.3 Å². The molecule has 0 aliphatic heterocycles. The molecule has 0 atom stereocenters. The van der Waals surface area contributed by atoms with Crippen molar-refractivity contribution in [2.45, 2.75) is 13.3 Å². The minimum Gasteiger partial charge on any atom is -0.337 e. The van der Waals surface area contributed by atoms with E-state index < -0.39 is 6.03 Å². The standard InChI is InChI=1S/C11H14N2O2/c1-9(14)13-11(15)12-8-7-10-5-3-2-4-6-10/h2-6H,7-8H2,1H3,(H2,12,13,14,15). The third-order valence-electron chi connectivity index (χ3n) is 1.83. The Balaban J connectivity index is 2.22. The number of hydrogen-bond acceptors (Lipinski definition) is 2. The summed E-state index contributed by atoms with van der Waals surface area (Å²) in [6, 6.07) is 9.38. The van der Waals surface area contributed by atoms with Gasteiger partial charge in [0.25, 0.3) is 0 Å². The Labute approximate surface area is 88.7 Å². The van der Waals surface area contributed by atoms with E-state index in [9.17, 15) is 9.59 Å². The van der Waals surface area contributed by atoms with Crippen LogP contribution in [0.4, 0.5) is 4.79 Å².